The summed E-state index contributed by atoms with van der Waals surface area (Å²) in [5.74, 6) is 0.181. The molecule has 2 heterocycles. The lowest BCUT2D eigenvalue weighted by molar-refractivity contribution is -0.146. The number of carboxylic acid groups (broad SMARTS) is 1. The Labute approximate surface area is 163 Å². The highest BCUT2D eigenvalue weighted by Gasteiger charge is 2.54. The fourth-order valence-electron chi connectivity index (χ4n) is 6.03. The van der Waals surface area contributed by atoms with Crippen LogP contribution in [0.1, 0.15) is 71.6 Å². The van der Waals surface area contributed by atoms with Crippen molar-refractivity contribution in [3.63, 3.8) is 0 Å². The summed E-state index contributed by atoms with van der Waals surface area (Å²) < 4.78 is 0. The molecule has 0 amide bonds. The molecule has 0 aromatic heterocycles. The topological polar surface area (TPSA) is 81.0 Å². The molecule has 27 heavy (non-hydrogen) atoms. The number of aliphatic hydroxyl groups is 2. The lowest BCUT2D eigenvalue weighted by atomic mass is 9.88. The number of carboxylic acids is 1. The van der Waals surface area contributed by atoms with Crippen LogP contribution in [0.4, 0.5) is 0 Å². The summed E-state index contributed by atoms with van der Waals surface area (Å²) in [7, 11) is 0. The minimum Gasteiger partial charge on any atom is -0.480 e. The predicted molar refractivity (Wildman–Crippen MR) is 105 cm³/mol. The molecule has 5 heteroatoms. The van der Waals surface area contributed by atoms with E-state index in [1.54, 1.807) is 0 Å². The van der Waals surface area contributed by atoms with Crippen LogP contribution in [0.25, 0.3) is 0 Å². The third-order valence-electron chi connectivity index (χ3n) is 7.33. The number of rotatable bonds is 8. The maximum Gasteiger partial charge on any atom is 0.320 e. The third kappa shape index (κ3) is 4.41. The van der Waals surface area contributed by atoms with Crippen molar-refractivity contribution in [1.29, 1.82) is 0 Å². The molecule has 5 nitrogen and oxygen atoms in total. The van der Waals surface area contributed by atoms with Gasteiger partial charge in [0.2, 0.25) is 0 Å². The Bertz CT molecular complexity index is 536. The minimum atomic E-state index is -0.717. The van der Waals surface area contributed by atoms with Gasteiger partial charge >= 0.3 is 5.97 Å². The molecule has 3 rings (SSSR count). The second kappa shape index (κ2) is 9.06. The van der Waals surface area contributed by atoms with Crippen LogP contribution in [0, 0.1) is 17.8 Å². The molecule has 3 N–H and O–H groups in total. The van der Waals surface area contributed by atoms with E-state index in [0.29, 0.717) is 24.3 Å². The monoisotopic (exact) mass is 379 g/mol. The highest BCUT2D eigenvalue weighted by molar-refractivity contribution is 5.73. The Hall–Kier alpha value is -0.910. The van der Waals surface area contributed by atoms with Gasteiger partial charge in [0.1, 0.15) is 6.04 Å². The van der Waals surface area contributed by atoms with Crippen LogP contribution in [0.3, 0.4) is 0 Å². The maximum atomic E-state index is 11.7. The summed E-state index contributed by atoms with van der Waals surface area (Å²) >= 11 is 0. The normalized spacial score (nSPS) is 38.7. The lowest BCUT2D eigenvalue weighted by Crippen LogP contribution is -2.51. The fourth-order valence-corrected chi connectivity index (χ4v) is 6.03. The van der Waals surface area contributed by atoms with Crippen molar-refractivity contribution < 1.29 is 20.1 Å². The van der Waals surface area contributed by atoms with Gasteiger partial charge in [0.15, 0.2) is 0 Å². The van der Waals surface area contributed by atoms with Crippen molar-refractivity contribution in [3.8, 4) is 0 Å². The highest BCUT2D eigenvalue weighted by Crippen LogP contribution is 2.49. The van der Waals surface area contributed by atoms with Crippen LogP contribution in [-0.2, 0) is 4.79 Å². The number of fused-ring (bicyclic) bond motifs is 3. The van der Waals surface area contributed by atoms with Gasteiger partial charge in [-0.15, -0.1) is 0 Å². The molecule has 0 bridgehead atoms. The van der Waals surface area contributed by atoms with Gasteiger partial charge in [0.05, 0.1) is 12.2 Å². The van der Waals surface area contributed by atoms with E-state index >= 15 is 0 Å². The van der Waals surface area contributed by atoms with Gasteiger partial charge in [-0.3, -0.25) is 9.69 Å². The molecule has 1 aliphatic carbocycles. The van der Waals surface area contributed by atoms with Crippen molar-refractivity contribution in [2.24, 2.45) is 17.8 Å². The quantitative estimate of drug-likeness (QED) is 0.564. The number of hydrogen-bond acceptors (Lipinski definition) is 4. The van der Waals surface area contributed by atoms with E-state index in [2.05, 4.69) is 18.7 Å². The van der Waals surface area contributed by atoms with Crippen molar-refractivity contribution in [2.45, 2.75) is 102 Å². The van der Waals surface area contributed by atoms with E-state index in [1.807, 2.05) is 12.2 Å². The first kappa shape index (κ1) is 20.8. The van der Waals surface area contributed by atoms with Crippen molar-refractivity contribution >= 4 is 5.97 Å². The van der Waals surface area contributed by atoms with E-state index in [4.69, 9.17) is 0 Å². The SMILES string of the molecule is CCCC(CC)C[C@@H](O)C=C[C@@H]1[C@H]2CC3CCCC(C(=O)O)N3[C@@H]2C[C@H]1O. The first-order valence-electron chi connectivity index (χ1n) is 11.0. The van der Waals surface area contributed by atoms with Gasteiger partial charge in [0, 0.05) is 18.0 Å². The van der Waals surface area contributed by atoms with Crippen LogP contribution < -0.4 is 0 Å². The second-order valence-corrected chi connectivity index (χ2v) is 8.98. The van der Waals surface area contributed by atoms with Gasteiger partial charge in [-0.1, -0.05) is 45.3 Å². The Morgan fingerprint density at radius 1 is 1.26 bits per heavy atom. The summed E-state index contributed by atoms with van der Waals surface area (Å²) in [6.07, 6.45) is 11.6. The number of aliphatic hydroxyl groups excluding tert-OH is 2. The van der Waals surface area contributed by atoms with Crippen LogP contribution >= 0.6 is 0 Å². The molecule has 0 aromatic carbocycles. The van der Waals surface area contributed by atoms with Gasteiger partial charge in [-0.05, 0) is 50.4 Å². The first-order valence-corrected chi connectivity index (χ1v) is 11.0. The molecule has 0 radical (unpaired) electrons. The van der Waals surface area contributed by atoms with E-state index in [-0.39, 0.29) is 12.0 Å². The number of hydrogen-bond donors (Lipinski definition) is 3. The molecule has 1 saturated carbocycles. The maximum absolute atomic E-state index is 11.7. The van der Waals surface area contributed by atoms with E-state index < -0.39 is 24.2 Å². The molecule has 2 aliphatic heterocycles. The zero-order valence-electron chi connectivity index (χ0n) is 16.8. The average molecular weight is 380 g/mol. The zero-order chi connectivity index (χ0) is 19.6. The highest BCUT2D eigenvalue weighted by atomic mass is 16.4. The van der Waals surface area contributed by atoms with Crippen molar-refractivity contribution in [2.75, 3.05) is 0 Å². The van der Waals surface area contributed by atoms with Crippen LogP contribution in [-0.4, -0.2) is 56.5 Å². The van der Waals surface area contributed by atoms with Crippen LogP contribution in [0.2, 0.25) is 0 Å². The lowest BCUT2D eigenvalue weighted by Gasteiger charge is -2.38. The van der Waals surface area contributed by atoms with Gasteiger partial charge in [0.25, 0.3) is 0 Å². The molecular weight excluding hydrogens is 342 g/mol. The molecule has 2 saturated heterocycles. The third-order valence-corrected chi connectivity index (χ3v) is 7.33. The Balaban J connectivity index is 1.65. The molecule has 3 unspecified atom stereocenters. The van der Waals surface area contributed by atoms with E-state index in [9.17, 15) is 20.1 Å². The molecule has 154 valence electrons. The summed E-state index contributed by atoms with van der Waals surface area (Å²) in [5.41, 5.74) is 0. The molecule has 8 atom stereocenters. The van der Waals surface area contributed by atoms with Gasteiger partial charge in [-0.2, -0.15) is 0 Å². The van der Waals surface area contributed by atoms with Crippen molar-refractivity contribution in [3.05, 3.63) is 12.2 Å². The predicted octanol–water partition coefficient (Wildman–Crippen LogP) is 3.20. The minimum absolute atomic E-state index is 0.0379. The van der Waals surface area contributed by atoms with Crippen molar-refractivity contribution in [1.82, 2.24) is 4.90 Å². The summed E-state index contributed by atoms with van der Waals surface area (Å²) in [4.78, 5) is 13.9. The average Bonchev–Trinajstić information content (AvgIpc) is 3.13. The van der Waals surface area contributed by atoms with Gasteiger partial charge in [-0.25, -0.2) is 0 Å². The van der Waals surface area contributed by atoms with E-state index in [0.717, 1.165) is 51.4 Å². The standard InChI is InChI=1S/C22H37NO4/c1-3-6-14(4-2)11-16(24)9-10-17-18-12-15-7-5-8-19(22(26)27)23(15)20(18)13-21(17)25/h9-10,14-21,24-25H,3-8,11-13H2,1-2H3,(H,26,27)/t14?,15?,16-,17+,18+,19?,20+,21+/m0/s1. The number of carbonyl (C=O) groups is 1. The number of nitrogens with zero attached hydrogens (tertiary/aromatic N) is 1. The molecule has 0 aromatic rings. The Kier molecular flexibility index (Phi) is 6.98. The Morgan fingerprint density at radius 3 is 2.70 bits per heavy atom. The largest absolute Gasteiger partial charge is 0.480 e. The molecular formula is C22H37NO4. The fraction of sp³-hybridized carbons (Fsp3) is 0.864. The van der Waals surface area contributed by atoms with Gasteiger partial charge < -0.3 is 15.3 Å². The second-order valence-electron chi connectivity index (χ2n) is 8.98. The number of piperidine rings is 1. The summed E-state index contributed by atoms with van der Waals surface area (Å²) in [6, 6.07) is 0.123. The molecule has 0 spiro atoms. The molecule has 3 aliphatic rings. The zero-order valence-corrected chi connectivity index (χ0v) is 16.8. The first-order chi connectivity index (χ1) is 13.0. The summed E-state index contributed by atoms with van der Waals surface area (Å²) in [6.45, 7) is 4.36. The number of aliphatic carboxylic acids is 1. The van der Waals surface area contributed by atoms with Crippen LogP contribution in [0.5, 0.6) is 0 Å². The Morgan fingerprint density at radius 2 is 2.04 bits per heavy atom. The van der Waals surface area contributed by atoms with E-state index in [1.165, 1.54) is 0 Å². The van der Waals surface area contributed by atoms with Crippen LogP contribution in [0.15, 0.2) is 12.2 Å². The smallest absolute Gasteiger partial charge is 0.320 e. The molecule has 3 fully saturated rings. The summed E-state index contributed by atoms with van der Waals surface area (Å²) in [5, 5.41) is 30.7.